The van der Waals surface area contributed by atoms with Crippen LogP contribution < -0.4 is 10.2 Å². The van der Waals surface area contributed by atoms with Crippen molar-refractivity contribution < 1.29 is 18.0 Å². The fraction of sp³-hybridized carbons (Fsp3) is 0.579. The Balaban J connectivity index is 0.00000280. The van der Waals surface area contributed by atoms with Crippen LogP contribution in [0, 0.1) is 22.7 Å². The minimum atomic E-state index is -4.59. The zero-order valence-corrected chi connectivity index (χ0v) is 16.7. The molecule has 0 radical (unpaired) electrons. The number of carbonyl (C=O) groups is 1. The van der Waals surface area contributed by atoms with Gasteiger partial charge in [-0.05, 0) is 44.1 Å². The van der Waals surface area contributed by atoms with E-state index in [0.29, 0.717) is 18.8 Å². The number of carbonyl (C=O) groups excluding carboxylic acids is 1. The lowest BCUT2D eigenvalue weighted by molar-refractivity contribution is -0.138. The van der Waals surface area contributed by atoms with Gasteiger partial charge in [-0.3, -0.25) is 4.79 Å². The maximum atomic E-state index is 13.3. The molecule has 0 saturated carbocycles. The van der Waals surface area contributed by atoms with Crippen molar-refractivity contribution in [2.24, 2.45) is 11.3 Å². The van der Waals surface area contributed by atoms with E-state index in [4.69, 9.17) is 5.26 Å². The monoisotopic (exact) mass is 416 g/mol. The first-order chi connectivity index (χ1) is 12.7. The Hall–Kier alpha value is -1.98. The van der Waals surface area contributed by atoms with Crippen LogP contribution in [0.4, 0.5) is 18.9 Å². The Kier molecular flexibility index (Phi) is 6.51. The third-order valence-electron chi connectivity index (χ3n) is 5.78. The molecule has 0 aliphatic carbocycles. The van der Waals surface area contributed by atoms with E-state index in [2.05, 4.69) is 5.32 Å². The number of rotatable bonds is 2. The van der Waals surface area contributed by atoms with Gasteiger partial charge >= 0.3 is 6.18 Å². The second kappa shape index (κ2) is 8.18. The average molecular weight is 417 g/mol. The molecule has 28 heavy (non-hydrogen) atoms. The largest absolute Gasteiger partial charge is 0.417 e. The summed E-state index contributed by atoms with van der Waals surface area (Å²) in [7, 11) is 3.42. The van der Waals surface area contributed by atoms with E-state index in [0.717, 1.165) is 32.0 Å². The average Bonchev–Trinajstić information content (AvgIpc) is 2.98. The van der Waals surface area contributed by atoms with Crippen LogP contribution in [-0.4, -0.2) is 51.1 Å². The molecule has 1 N–H and O–H groups in total. The predicted octanol–water partition coefficient (Wildman–Crippen LogP) is 2.89. The maximum absolute atomic E-state index is 13.3. The van der Waals surface area contributed by atoms with Gasteiger partial charge in [0.05, 0.1) is 23.1 Å². The van der Waals surface area contributed by atoms with Gasteiger partial charge in [0.15, 0.2) is 0 Å². The summed E-state index contributed by atoms with van der Waals surface area (Å²) in [6.45, 7) is 2.53. The molecule has 1 aromatic carbocycles. The van der Waals surface area contributed by atoms with Gasteiger partial charge < -0.3 is 15.1 Å². The first kappa shape index (κ1) is 22.3. The van der Waals surface area contributed by atoms with Crippen LogP contribution >= 0.6 is 12.4 Å². The number of amides is 1. The van der Waals surface area contributed by atoms with E-state index in [1.54, 1.807) is 31.1 Å². The third-order valence-corrected chi connectivity index (χ3v) is 5.78. The van der Waals surface area contributed by atoms with Gasteiger partial charge in [-0.25, -0.2) is 0 Å². The molecule has 2 aliphatic heterocycles. The van der Waals surface area contributed by atoms with Crippen LogP contribution in [0.5, 0.6) is 0 Å². The van der Waals surface area contributed by atoms with Gasteiger partial charge in [-0.1, -0.05) is 0 Å². The molecule has 2 fully saturated rings. The number of nitrogens with zero attached hydrogens (tertiary/aromatic N) is 3. The lowest BCUT2D eigenvalue weighted by atomic mass is 9.70. The van der Waals surface area contributed by atoms with E-state index in [9.17, 15) is 18.0 Å². The van der Waals surface area contributed by atoms with Crippen molar-refractivity contribution in [3.63, 3.8) is 0 Å². The van der Waals surface area contributed by atoms with Gasteiger partial charge in [-0.15, -0.1) is 12.4 Å². The van der Waals surface area contributed by atoms with Gasteiger partial charge in [-0.2, -0.15) is 18.4 Å². The number of halogens is 4. The van der Waals surface area contributed by atoms with E-state index in [1.807, 2.05) is 4.90 Å². The molecule has 1 amide bonds. The summed E-state index contributed by atoms with van der Waals surface area (Å²) in [6.07, 6.45) is -2.96. The summed E-state index contributed by atoms with van der Waals surface area (Å²) in [4.78, 5) is 16.2. The van der Waals surface area contributed by atoms with Crippen molar-refractivity contribution in [2.45, 2.75) is 19.0 Å². The first-order valence-corrected chi connectivity index (χ1v) is 8.96. The van der Waals surface area contributed by atoms with Crippen molar-refractivity contribution in [1.29, 1.82) is 5.26 Å². The maximum Gasteiger partial charge on any atom is 0.417 e. The number of benzene rings is 1. The summed E-state index contributed by atoms with van der Waals surface area (Å²) < 4.78 is 40.0. The molecule has 1 atom stereocenters. The van der Waals surface area contributed by atoms with Crippen LogP contribution in [-0.2, 0) is 11.0 Å². The number of piperidine rings is 1. The minimum absolute atomic E-state index is 0. The zero-order chi connectivity index (χ0) is 19.8. The SMILES string of the molecule is CN(C)C(=O)C1CN(c2ccc(C#N)c(C(F)(F)F)c2)CC12CCNCC2.Cl. The molecule has 2 saturated heterocycles. The smallest absolute Gasteiger partial charge is 0.370 e. The molecule has 0 bridgehead atoms. The minimum Gasteiger partial charge on any atom is -0.370 e. The van der Waals surface area contributed by atoms with Crippen molar-refractivity contribution in [1.82, 2.24) is 10.2 Å². The quantitative estimate of drug-likeness (QED) is 0.805. The molecule has 154 valence electrons. The van der Waals surface area contributed by atoms with E-state index < -0.39 is 11.7 Å². The van der Waals surface area contributed by atoms with Gasteiger partial charge in [0.25, 0.3) is 0 Å². The Morgan fingerprint density at radius 3 is 2.50 bits per heavy atom. The fourth-order valence-electron chi connectivity index (χ4n) is 4.31. The van der Waals surface area contributed by atoms with Crippen molar-refractivity contribution in [2.75, 3.05) is 45.2 Å². The second-order valence-electron chi connectivity index (χ2n) is 7.62. The number of alkyl halides is 3. The van der Waals surface area contributed by atoms with E-state index in [1.165, 1.54) is 6.07 Å². The Bertz CT molecular complexity index is 769. The number of hydrogen-bond donors (Lipinski definition) is 1. The molecule has 1 unspecified atom stereocenters. The van der Waals surface area contributed by atoms with E-state index >= 15 is 0 Å². The lowest BCUT2D eigenvalue weighted by Gasteiger charge is -2.38. The van der Waals surface area contributed by atoms with Gasteiger partial charge in [0.1, 0.15) is 0 Å². The molecule has 1 aromatic rings. The summed E-state index contributed by atoms with van der Waals surface area (Å²) in [5.74, 6) is -0.233. The summed E-state index contributed by atoms with van der Waals surface area (Å²) in [5, 5.41) is 12.3. The van der Waals surface area contributed by atoms with Gasteiger partial charge in [0.2, 0.25) is 5.91 Å². The number of nitriles is 1. The topological polar surface area (TPSA) is 59.4 Å². The molecule has 3 rings (SSSR count). The first-order valence-electron chi connectivity index (χ1n) is 8.96. The molecular weight excluding hydrogens is 393 g/mol. The molecule has 9 heteroatoms. The van der Waals surface area contributed by atoms with Crippen molar-refractivity contribution in [3.8, 4) is 6.07 Å². The molecule has 0 aromatic heterocycles. The predicted molar refractivity (Wildman–Crippen MR) is 102 cm³/mol. The number of hydrogen-bond acceptors (Lipinski definition) is 4. The van der Waals surface area contributed by atoms with Gasteiger partial charge in [0, 0.05) is 38.3 Å². The van der Waals surface area contributed by atoms with Crippen molar-refractivity contribution in [3.05, 3.63) is 29.3 Å². The summed E-state index contributed by atoms with van der Waals surface area (Å²) in [5.41, 5.74) is -1.14. The van der Waals surface area contributed by atoms with Crippen molar-refractivity contribution >= 4 is 24.0 Å². The highest BCUT2D eigenvalue weighted by Gasteiger charge is 2.51. The van der Waals surface area contributed by atoms with Crippen LogP contribution in [0.15, 0.2) is 18.2 Å². The molecule has 2 heterocycles. The number of nitrogens with one attached hydrogen (secondary N) is 1. The van der Waals surface area contributed by atoms with Crippen LogP contribution in [0.2, 0.25) is 0 Å². The molecule has 1 spiro atoms. The highest BCUT2D eigenvalue weighted by Crippen LogP contribution is 2.46. The Morgan fingerprint density at radius 1 is 1.32 bits per heavy atom. The Labute approximate surface area is 168 Å². The normalized spacial score (nSPS) is 21.1. The molecular formula is C19H24ClF3N4O. The lowest BCUT2D eigenvalue weighted by Crippen LogP contribution is -2.46. The van der Waals surface area contributed by atoms with Crippen LogP contribution in [0.3, 0.4) is 0 Å². The van der Waals surface area contributed by atoms with Crippen LogP contribution in [0.1, 0.15) is 24.0 Å². The third kappa shape index (κ3) is 4.06. The molecule has 5 nitrogen and oxygen atoms in total. The standard InChI is InChI=1S/C19H23F3N4O.ClH/c1-25(2)17(27)16-11-26(12-18(16)5-7-24-8-6-18)14-4-3-13(10-23)15(9-14)19(20,21)22;/h3-4,9,16,24H,5-8,11-12H2,1-2H3;1H. The second-order valence-corrected chi connectivity index (χ2v) is 7.62. The Morgan fingerprint density at radius 2 is 1.96 bits per heavy atom. The number of anilines is 1. The fourth-order valence-corrected chi connectivity index (χ4v) is 4.31. The van der Waals surface area contributed by atoms with E-state index in [-0.39, 0.29) is 35.2 Å². The summed E-state index contributed by atoms with van der Waals surface area (Å²) in [6, 6.07) is 5.41. The van der Waals surface area contributed by atoms with Crippen LogP contribution in [0.25, 0.3) is 0 Å². The molecule has 2 aliphatic rings. The highest BCUT2D eigenvalue weighted by molar-refractivity contribution is 5.85. The zero-order valence-electron chi connectivity index (χ0n) is 15.8. The summed E-state index contributed by atoms with van der Waals surface area (Å²) >= 11 is 0. The highest BCUT2D eigenvalue weighted by atomic mass is 35.5.